The Morgan fingerprint density at radius 3 is 3.08 bits per heavy atom. The molecule has 4 heterocycles. The average Bonchev–Trinajstić information content (AvgIpc) is 3.20. The van der Waals surface area contributed by atoms with Crippen LogP contribution in [0.4, 0.5) is 4.39 Å². The number of thiazole rings is 1. The van der Waals surface area contributed by atoms with Gasteiger partial charge in [0.25, 0.3) is 5.91 Å². The second-order valence-electron chi connectivity index (χ2n) is 5.95. The van der Waals surface area contributed by atoms with Gasteiger partial charge in [-0.3, -0.25) is 4.79 Å². The van der Waals surface area contributed by atoms with Gasteiger partial charge in [-0.2, -0.15) is 5.10 Å². The van der Waals surface area contributed by atoms with Crippen LogP contribution in [0.25, 0.3) is 16.8 Å². The Morgan fingerprint density at radius 2 is 2.28 bits per heavy atom. The van der Waals surface area contributed by atoms with E-state index in [-0.39, 0.29) is 17.5 Å². The smallest absolute Gasteiger partial charge is 0.283 e. The first-order valence-electron chi connectivity index (χ1n) is 7.82. The van der Waals surface area contributed by atoms with Crippen LogP contribution >= 0.6 is 22.9 Å². The van der Waals surface area contributed by atoms with E-state index in [0.717, 1.165) is 22.4 Å². The number of halogens is 2. The number of pyridine rings is 1. The predicted molar refractivity (Wildman–Crippen MR) is 94.7 cm³/mol. The zero-order valence-electron chi connectivity index (χ0n) is 13.1. The quantitative estimate of drug-likeness (QED) is 0.742. The van der Waals surface area contributed by atoms with E-state index in [1.165, 1.54) is 4.90 Å². The van der Waals surface area contributed by atoms with Crippen molar-refractivity contribution in [3.63, 3.8) is 0 Å². The van der Waals surface area contributed by atoms with Gasteiger partial charge in [-0.1, -0.05) is 29.0 Å². The number of rotatable bonds is 2. The van der Waals surface area contributed by atoms with Gasteiger partial charge in [0.05, 0.1) is 18.3 Å². The second-order valence-corrected chi connectivity index (χ2v) is 7.55. The molecule has 0 bridgehead atoms. The maximum atomic E-state index is 13.8. The molecule has 0 saturated carbocycles. The summed E-state index contributed by atoms with van der Waals surface area (Å²) in [6.45, 7) is 0.410. The number of alkyl halides is 1. The number of carbonyl (C=O) groups is 1. The molecular formula is C16H15ClFN5OS. The third-order valence-corrected chi connectivity index (χ3v) is 5.57. The van der Waals surface area contributed by atoms with Gasteiger partial charge < -0.3 is 10.6 Å². The fourth-order valence-corrected chi connectivity index (χ4v) is 4.06. The fourth-order valence-electron chi connectivity index (χ4n) is 2.92. The Hall–Kier alpha value is -2.03. The highest BCUT2D eigenvalue weighted by Crippen LogP contribution is 2.35. The van der Waals surface area contributed by atoms with E-state index < -0.39 is 12.2 Å². The van der Waals surface area contributed by atoms with Crippen molar-refractivity contribution in [2.75, 3.05) is 13.1 Å². The van der Waals surface area contributed by atoms with E-state index in [9.17, 15) is 9.18 Å². The fraction of sp³-hybridized carbons (Fsp3) is 0.312. The molecule has 0 radical (unpaired) electrons. The van der Waals surface area contributed by atoms with Crippen molar-refractivity contribution in [2.24, 2.45) is 5.73 Å². The highest BCUT2D eigenvalue weighted by atomic mass is 35.5. The summed E-state index contributed by atoms with van der Waals surface area (Å²) in [5.41, 5.74) is 7.79. The lowest BCUT2D eigenvalue weighted by atomic mass is 10.0. The van der Waals surface area contributed by atoms with Crippen molar-refractivity contribution in [3.8, 4) is 11.3 Å². The van der Waals surface area contributed by atoms with Crippen LogP contribution in [0.1, 0.15) is 16.2 Å². The molecule has 0 aliphatic carbocycles. The molecule has 1 aliphatic heterocycles. The van der Waals surface area contributed by atoms with E-state index in [2.05, 4.69) is 10.1 Å². The Bertz CT molecular complexity index is 942. The molecule has 6 nitrogen and oxygen atoms in total. The number of fused-ring (bicyclic) bond motifs is 1. The number of carbonyl (C=O) groups excluding carboxylic acids is 1. The number of hydrogen-bond donors (Lipinski definition) is 1. The number of nitrogens with two attached hydrogens (primary N) is 1. The first-order chi connectivity index (χ1) is 12.0. The van der Waals surface area contributed by atoms with Crippen LogP contribution < -0.4 is 5.73 Å². The van der Waals surface area contributed by atoms with Gasteiger partial charge in [-0.25, -0.2) is 13.9 Å². The summed E-state index contributed by atoms with van der Waals surface area (Å²) in [6.07, 6.45) is 2.71. The van der Waals surface area contributed by atoms with Gasteiger partial charge in [0.1, 0.15) is 16.2 Å². The van der Waals surface area contributed by atoms with Gasteiger partial charge in [0.15, 0.2) is 5.01 Å². The van der Waals surface area contributed by atoms with Crippen molar-refractivity contribution in [1.82, 2.24) is 19.5 Å². The molecule has 9 heteroatoms. The van der Waals surface area contributed by atoms with E-state index in [1.807, 2.05) is 24.4 Å². The lowest BCUT2D eigenvalue weighted by molar-refractivity contribution is 0.0604. The Balaban J connectivity index is 1.65. The second kappa shape index (κ2) is 6.36. The standard InChI is InChI=1S/C16H15ClFN5OS/c17-14-13(9-7-20-23-5-2-1-3-12(9)23)21-15(25-14)16(24)22-6-4-11(19)10(18)8-22/h1-3,5,7,10-11H,4,6,8,19H2/t10-,11+/m0/s1. The number of nitrogens with zero attached hydrogens (tertiary/aromatic N) is 4. The SMILES string of the molecule is N[C@@H]1CCN(C(=O)c2nc(-c3cnn4ccccc34)c(Cl)s2)C[C@@H]1F. The number of likely N-dealkylation sites (tertiary alicyclic amines) is 1. The molecule has 130 valence electrons. The van der Waals surface area contributed by atoms with Gasteiger partial charge in [-0.15, -0.1) is 0 Å². The van der Waals surface area contributed by atoms with E-state index in [4.69, 9.17) is 17.3 Å². The van der Waals surface area contributed by atoms with Crippen molar-refractivity contribution in [1.29, 1.82) is 0 Å². The maximum Gasteiger partial charge on any atom is 0.283 e. The lowest BCUT2D eigenvalue weighted by Crippen LogP contribution is -2.50. The van der Waals surface area contributed by atoms with Crippen molar-refractivity contribution >= 4 is 34.4 Å². The molecule has 25 heavy (non-hydrogen) atoms. The largest absolute Gasteiger partial charge is 0.334 e. The molecule has 1 saturated heterocycles. The van der Waals surface area contributed by atoms with Crippen molar-refractivity contribution in [3.05, 3.63) is 39.9 Å². The Morgan fingerprint density at radius 1 is 1.44 bits per heavy atom. The zero-order chi connectivity index (χ0) is 17.6. The van der Waals surface area contributed by atoms with Crippen LogP contribution in [-0.2, 0) is 0 Å². The molecule has 1 aliphatic rings. The molecule has 0 unspecified atom stereocenters. The topological polar surface area (TPSA) is 76.5 Å². The van der Waals surface area contributed by atoms with Crippen LogP contribution in [0, 0.1) is 0 Å². The summed E-state index contributed by atoms with van der Waals surface area (Å²) in [5, 5.41) is 4.51. The molecular weight excluding hydrogens is 365 g/mol. The normalized spacial score (nSPS) is 21.0. The summed E-state index contributed by atoms with van der Waals surface area (Å²) in [4.78, 5) is 18.5. The first-order valence-corrected chi connectivity index (χ1v) is 9.02. The first kappa shape index (κ1) is 16.4. The minimum absolute atomic E-state index is 0.0107. The number of aromatic nitrogens is 3. The van der Waals surface area contributed by atoms with E-state index in [0.29, 0.717) is 23.0 Å². The molecule has 2 N–H and O–H groups in total. The van der Waals surface area contributed by atoms with Gasteiger partial charge in [-0.05, 0) is 18.6 Å². The number of amides is 1. The molecule has 1 amide bonds. The van der Waals surface area contributed by atoms with Crippen molar-refractivity contribution < 1.29 is 9.18 Å². The van der Waals surface area contributed by atoms with Crippen LogP contribution in [0.5, 0.6) is 0 Å². The van der Waals surface area contributed by atoms with Crippen LogP contribution in [-0.4, -0.2) is 50.7 Å². The Labute approximate surface area is 152 Å². The minimum Gasteiger partial charge on any atom is -0.334 e. The van der Waals surface area contributed by atoms with Crippen molar-refractivity contribution in [2.45, 2.75) is 18.6 Å². The number of hydrogen-bond acceptors (Lipinski definition) is 5. The summed E-state index contributed by atoms with van der Waals surface area (Å²) in [7, 11) is 0. The molecule has 0 spiro atoms. The number of piperidine rings is 1. The summed E-state index contributed by atoms with van der Waals surface area (Å²) >= 11 is 7.42. The summed E-state index contributed by atoms with van der Waals surface area (Å²) in [5.74, 6) is -0.316. The third-order valence-electron chi connectivity index (χ3n) is 4.33. The molecule has 0 aromatic carbocycles. The third kappa shape index (κ3) is 2.90. The zero-order valence-corrected chi connectivity index (χ0v) is 14.7. The summed E-state index contributed by atoms with van der Waals surface area (Å²) < 4.78 is 15.9. The van der Waals surface area contributed by atoms with E-state index >= 15 is 0 Å². The van der Waals surface area contributed by atoms with Gasteiger partial charge in [0.2, 0.25) is 0 Å². The Kier molecular flexibility index (Phi) is 4.18. The minimum atomic E-state index is -1.22. The average molecular weight is 380 g/mol. The predicted octanol–water partition coefficient (Wildman–Crippen LogP) is 2.62. The van der Waals surface area contributed by atoms with Crippen LogP contribution in [0.3, 0.4) is 0 Å². The molecule has 3 aromatic rings. The monoisotopic (exact) mass is 379 g/mol. The molecule has 1 fully saturated rings. The lowest BCUT2D eigenvalue weighted by Gasteiger charge is -2.32. The van der Waals surface area contributed by atoms with Gasteiger partial charge >= 0.3 is 0 Å². The van der Waals surface area contributed by atoms with Crippen LogP contribution in [0.15, 0.2) is 30.6 Å². The van der Waals surface area contributed by atoms with Crippen LogP contribution in [0.2, 0.25) is 4.34 Å². The van der Waals surface area contributed by atoms with Gasteiger partial charge in [0, 0.05) is 24.3 Å². The molecule has 3 aromatic heterocycles. The highest BCUT2D eigenvalue weighted by molar-refractivity contribution is 7.18. The molecule has 4 rings (SSSR count). The maximum absolute atomic E-state index is 13.8. The highest BCUT2D eigenvalue weighted by Gasteiger charge is 2.31. The molecule has 2 atom stereocenters. The van der Waals surface area contributed by atoms with E-state index in [1.54, 1.807) is 10.7 Å². The summed E-state index contributed by atoms with van der Waals surface area (Å²) in [6, 6.07) is 5.15.